The Morgan fingerprint density at radius 1 is 1.12 bits per heavy atom. The van der Waals surface area contributed by atoms with Crippen molar-refractivity contribution >= 4 is 23.5 Å². The molecule has 1 aliphatic rings. The summed E-state index contributed by atoms with van der Waals surface area (Å²) in [5.41, 5.74) is 2.30. The van der Waals surface area contributed by atoms with Gasteiger partial charge in [-0.1, -0.05) is 37.4 Å². The molecule has 0 aromatic heterocycles. The zero-order chi connectivity index (χ0) is 12.4. The van der Waals surface area contributed by atoms with Crippen LogP contribution in [0.1, 0.15) is 21.5 Å². The van der Waals surface area contributed by atoms with E-state index in [1.165, 1.54) is 6.08 Å². The van der Waals surface area contributed by atoms with Crippen molar-refractivity contribution in [3.63, 3.8) is 0 Å². The normalized spacial score (nSPS) is 16.4. The van der Waals surface area contributed by atoms with Crippen LogP contribution in [0.4, 0.5) is 0 Å². The summed E-state index contributed by atoms with van der Waals surface area (Å²) in [6.45, 7) is 7.26. The molecule has 0 saturated heterocycles. The predicted molar refractivity (Wildman–Crippen MR) is 67.2 cm³/mol. The summed E-state index contributed by atoms with van der Waals surface area (Å²) < 4.78 is 0. The van der Waals surface area contributed by atoms with Gasteiger partial charge in [-0.25, -0.2) is 0 Å². The molecule has 1 aliphatic heterocycles. The Balaban J connectivity index is 2.79. The highest BCUT2D eigenvalue weighted by molar-refractivity contribution is 6.31. The molecule has 0 spiro atoms. The van der Waals surface area contributed by atoms with Crippen molar-refractivity contribution in [2.75, 3.05) is 0 Å². The lowest BCUT2D eigenvalue weighted by molar-refractivity contribution is -0.114. The van der Waals surface area contributed by atoms with Crippen LogP contribution in [0.15, 0.2) is 43.5 Å². The van der Waals surface area contributed by atoms with Gasteiger partial charge in [0.15, 0.2) is 0 Å². The van der Waals surface area contributed by atoms with E-state index in [9.17, 15) is 9.59 Å². The molecule has 2 amide bonds. The topological polar surface area (TPSA) is 46.2 Å². The Kier molecular flexibility index (Phi) is 2.75. The standard InChI is InChI=1S/C14H11NO2/c1-3-6-10-12-9(4-2)7-5-8-11(12)14(17)15-13(10)16/h3-8H,1-2H2,(H,15,16,17)/b10-6+. The summed E-state index contributed by atoms with van der Waals surface area (Å²) in [5.74, 6) is -0.786. The van der Waals surface area contributed by atoms with Crippen molar-refractivity contribution in [3.8, 4) is 0 Å². The van der Waals surface area contributed by atoms with Gasteiger partial charge in [-0.05, 0) is 17.7 Å². The molecule has 0 unspecified atom stereocenters. The number of amides is 2. The van der Waals surface area contributed by atoms with Crippen LogP contribution >= 0.6 is 0 Å². The molecule has 0 fully saturated rings. The summed E-state index contributed by atoms with van der Waals surface area (Å²) in [5, 5.41) is 2.29. The Labute approximate surface area is 99.1 Å². The third-order valence-corrected chi connectivity index (χ3v) is 2.59. The highest BCUT2D eigenvalue weighted by Crippen LogP contribution is 2.28. The molecule has 1 heterocycles. The number of nitrogens with one attached hydrogen (secondary N) is 1. The van der Waals surface area contributed by atoms with E-state index in [0.717, 1.165) is 5.56 Å². The molecule has 1 aromatic rings. The number of imide groups is 1. The van der Waals surface area contributed by atoms with Crippen LogP contribution in [0, 0.1) is 0 Å². The summed E-state index contributed by atoms with van der Waals surface area (Å²) in [6, 6.07) is 5.26. The monoisotopic (exact) mass is 225 g/mol. The first kappa shape index (κ1) is 11.1. The van der Waals surface area contributed by atoms with Crippen LogP contribution in [-0.4, -0.2) is 11.8 Å². The van der Waals surface area contributed by atoms with Crippen LogP contribution in [0.25, 0.3) is 11.6 Å². The minimum absolute atomic E-state index is 0.380. The molecule has 3 heteroatoms. The molecule has 1 N–H and O–H groups in total. The molecule has 0 aliphatic carbocycles. The molecule has 2 rings (SSSR count). The fraction of sp³-hybridized carbons (Fsp3) is 0. The number of rotatable bonds is 2. The van der Waals surface area contributed by atoms with Gasteiger partial charge in [0.05, 0.1) is 0 Å². The molecular formula is C14H11NO2. The first-order valence-electron chi connectivity index (χ1n) is 5.13. The van der Waals surface area contributed by atoms with E-state index in [1.807, 2.05) is 6.07 Å². The van der Waals surface area contributed by atoms with Crippen LogP contribution < -0.4 is 5.32 Å². The third-order valence-electron chi connectivity index (χ3n) is 2.59. The molecule has 0 bridgehead atoms. The molecule has 0 saturated carbocycles. The number of carbonyl (C=O) groups excluding carboxylic acids is 2. The van der Waals surface area contributed by atoms with Gasteiger partial charge < -0.3 is 0 Å². The summed E-state index contributed by atoms with van der Waals surface area (Å²) in [7, 11) is 0. The van der Waals surface area contributed by atoms with Gasteiger partial charge in [0.25, 0.3) is 11.8 Å². The summed E-state index contributed by atoms with van der Waals surface area (Å²) in [4.78, 5) is 23.4. The van der Waals surface area contributed by atoms with E-state index in [1.54, 1.807) is 24.3 Å². The molecule has 0 radical (unpaired) electrons. The molecule has 17 heavy (non-hydrogen) atoms. The zero-order valence-corrected chi connectivity index (χ0v) is 9.19. The number of fused-ring (bicyclic) bond motifs is 1. The SMILES string of the molecule is C=C/C=C1/C(=O)NC(=O)c2cccc(C=C)c21. The maximum Gasteiger partial charge on any atom is 0.258 e. The van der Waals surface area contributed by atoms with Crippen molar-refractivity contribution in [3.05, 3.63) is 60.2 Å². The molecular weight excluding hydrogens is 214 g/mol. The van der Waals surface area contributed by atoms with Crippen LogP contribution in [-0.2, 0) is 4.79 Å². The van der Waals surface area contributed by atoms with Crippen LogP contribution in [0.3, 0.4) is 0 Å². The lowest BCUT2D eigenvalue weighted by atomic mass is 9.90. The minimum atomic E-state index is -0.406. The van der Waals surface area contributed by atoms with Crippen molar-refractivity contribution in [1.82, 2.24) is 5.32 Å². The Hall–Kier alpha value is -2.42. The van der Waals surface area contributed by atoms with Crippen LogP contribution in [0.2, 0.25) is 0 Å². The third kappa shape index (κ3) is 1.72. The predicted octanol–water partition coefficient (Wildman–Crippen LogP) is 2.17. The van der Waals surface area contributed by atoms with Gasteiger partial charge in [0.2, 0.25) is 0 Å². The summed E-state index contributed by atoms with van der Waals surface area (Å²) >= 11 is 0. The first-order chi connectivity index (χ1) is 8.19. The van der Waals surface area contributed by atoms with E-state index in [0.29, 0.717) is 16.7 Å². The van der Waals surface area contributed by atoms with Crippen molar-refractivity contribution < 1.29 is 9.59 Å². The van der Waals surface area contributed by atoms with Crippen molar-refractivity contribution in [2.24, 2.45) is 0 Å². The van der Waals surface area contributed by atoms with E-state index in [4.69, 9.17) is 0 Å². The first-order valence-corrected chi connectivity index (χ1v) is 5.13. The summed E-state index contributed by atoms with van der Waals surface area (Å²) in [6.07, 6.45) is 4.74. The maximum absolute atomic E-state index is 11.7. The highest BCUT2D eigenvalue weighted by atomic mass is 16.2. The lowest BCUT2D eigenvalue weighted by Gasteiger charge is -2.19. The number of carbonyl (C=O) groups is 2. The molecule has 1 aromatic carbocycles. The highest BCUT2D eigenvalue weighted by Gasteiger charge is 2.27. The Bertz CT molecular complexity index is 568. The Morgan fingerprint density at radius 2 is 1.88 bits per heavy atom. The minimum Gasteiger partial charge on any atom is -0.288 e. The van der Waals surface area contributed by atoms with E-state index in [2.05, 4.69) is 18.5 Å². The number of hydrogen-bond donors (Lipinski definition) is 1. The van der Waals surface area contributed by atoms with Gasteiger partial charge in [0.1, 0.15) is 0 Å². The largest absolute Gasteiger partial charge is 0.288 e. The van der Waals surface area contributed by atoms with Crippen LogP contribution in [0.5, 0.6) is 0 Å². The maximum atomic E-state index is 11.7. The van der Waals surface area contributed by atoms with Gasteiger partial charge in [0, 0.05) is 16.7 Å². The molecule has 3 nitrogen and oxygen atoms in total. The second-order valence-electron chi connectivity index (χ2n) is 3.57. The number of benzene rings is 1. The van der Waals surface area contributed by atoms with Gasteiger partial charge in [-0.3, -0.25) is 14.9 Å². The fourth-order valence-electron chi connectivity index (χ4n) is 1.86. The van der Waals surface area contributed by atoms with Gasteiger partial charge in [-0.15, -0.1) is 0 Å². The van der Waals surface area contributed by atoms with E-state index in [-0.39, 0.29) is 5.91 Å². The molecule has 84 valence electrons. The van der Waals surface area contributed by atoms with Crippen molar-refractivity contribution in [1.29, 1.82) is 0 Å². The molecule has 0 atom stereocenters. The smallest absolute Gasteiger partial charge is 0.258 e. The lowest BCUT2D eigenvalue weighted by Crippen LogP contribution is -2.36. The van der Waals surface area contributed by atoms with Crippen molar-refractivity contribution in [2.45, 2.75) is 0 Å². The quantitative estimate of drug-likeness (QED) is 0.619. The van der Waals surface area contributed by atoms with E-state index >= 15 is 0 Å². The average molecular weight is 225 g/mol. The Morgan fingerprint density at radius 3 is 2.53 bits per heavy atom. The zero-order valence-electron chi connectivity index (χ0n) is 9.19. The second-order valence-corrected chi connectivity index (χ2v) is 3.57. The van der Waals surface area contributed by atoms with Gasteiger partial charge in [-0.2, -0.15) is 0 Å². The average Bonchev–Trinajstić information content (AvgIpc) is 2.33. The number of hydrogen-bond acceptors (Lipinski definition) is 2. The second kappa shape index (κ2) is 4.22. The fourth-order valence-corrected chi connectivity index (χ4v) is 1.86. The number of allylic oxidation sites excluding steroid dienone is 2. The van der Waals surface area contributed by atoms with E-state index < -0.39 is 5.91 Å². The van der Waals surface area contributed by atoms with Gasteiger partial charge >= 0.3 is 0 Å².